The number of hydrogen-bond acceptors (Lipinski definition) is 7. The van der Waals surface area contributed by atoms with Gasteiger partial charge < -0.3 is 29.4 Å². The summed E-state index contributed by atoms with van der Waals surface area (Å²) in [7, 11) is 0. The molecule has 0 bridgehead atoms. The first-order valence-electron chi connectivity index (χ1n) is 11.8. The number of nitrogens with one attached hydrogen (secondary N) is 2. The number of carbonyl (C=O) groups is 2. The topological polar surface area (TPSA) is 96.3 Å². The van der Waals surface area contributed by atoms with Crippen LogP contribution in [0.15, 0.2) is 65.3 Å². The highest BCUT2D eigenvalue weighted by atomic mass is 19.1. The molecule has 2 aliphatic heterocycles. The molecular formula is C26H27FN4O5. The van der Waals surface area contributed by atoms with Gasteiger partial charge >= 0.3 is 11.8 Å². The van der Waals surface area contributed by atoms with E-state index in [4.69, 9.17) is 13.9 Å². The Morgan fingerprint density at radius 3 is 2.47 bits per heavy atom. The van der Waals surface area contributed by atoms with E-state index in [-0.39, 0.29) is 31.7 Å². The van der Waals surface area contributed by atoms with Gasteiger partial charge in [0, 0.05) is 32.7 Å². The number of ether oxygens (including phenoxy) is 2. The van der Waals surface area contributed by atoms with Gasteiger partial charge in [-0.15, -0.1) is 0 Å². The van der Waals surface area contributed by atoms with Gasteiger partial charge in [-0.05, 0) is 42.0 Å². The quantitative estimate of drug-likeness (QED) is 0.487. The number of amides is 2. The molecule has 3 heterocycles. The number of furan rings is 1. The molecule has 0 unspecified atom stereocenters. The van der Waals surface area contributed by atoms with Crippen LogP contribution >= 0.6 is 0 Å². The van der Waals surface area contributed by atoms with Crippen LogP contribution in [0.25, 0.3) is 0 Å². The van der Waals surface area contributed by atoms with Crippen molar-refractivity contribution in [2.24, 2.45) is 0 Å². The molecule has 1 fully saturated rings. The first-order valence-corrected chi connectivity index (χ1v) is 11.8. The van der Waals surface area contributed by atoms with Gasteiger partial charge in [-0.3, -0.25) is 14.5 Å². The van der Waals surface area contributed by atoms with E-state index in [0.29, 0.717) is 49.1 Å². The first-order chi connectivity index (χ1) is 17.6. The molecule has 36 heavy (non-hydrogen) atoms. The summed E-state index contributed by atoms with van der Waals surface area (Å²) in [5.74, 6) is 0.166. The molecule has 5 rings (SSSR count). The van der Waals surface area contributed by atoms with Gasteiger partial charge in [-0.25, -0.2) is 4.39 Å². The predicted molar refractivity (Wildman–Crippen MR) is 129 cm³/mol. The average molecular weight is 495 g/mol. The Balaban J connectivity index is 1.26. The van der Waals surface area contributed by atoms with Crippen LogP contribution in [-0.4, -0.2) is 56.2 Å². The number of benzene rings is 2. The lowest BCUT2D eigenvalue weighted by Crippen LogP contribution is -2.51. The Kier molecular flexibility index (Phi) is 7.03. The fourth-order valence-electron chi connectivity index (χ4n) is 4.49. The van der Waals surface area contributed by atoms with E-state index in [1.54, 1.807) is 24.3 Å². The molecule has 1 aromatic heterocycles. The largest absolute Gasteiger partial charge is 0.467 e. The van der Waals surface area contributed by atoms with Crippen LogP contribution < -0.4 is 25.0 Å². The van der Waals surface area contributed by atoms with Crippen LogP contribution in [0, 0.1) is 5.82 Å². The second kappa shape index (κ2) is 10.7. The van der Waals surface area contributed by atoms with E-state index in [1.165, 1.54) is 12.3 Å². The number of rotatable bonds is 7. The fraction of sp³-hybridized carbons (Fsp3) is 0.308. The van der Waals surface area contributed by atoms with Gasteiger partial charge in [0.25, 0.3) is 0 Å². The summed E-state index contributed by atoms with van der Waals surface area (Å²) < 4.78 is 30.4. The molecule has 9 nitrogen and oxygen atoms in total. The van der Waals surface area contributed by atoms with Crippen molar-refractivity contribution in [1.82, 2.24) is 15.5 Å². The molecule has 2 N–H and O–H groups in total. The third kappa shape index (κ3) is 5.28. The van der Waals surface area contributed by atoms with Gasteiger partial charge in [-0.1, -0.05) is 18.2 Å². The molecular weight excluding hydrogens is 467 g/mol. The third-order valence-electron chi connectivity index (χ3n) is 6.40. The number of nitrogens with zero attached hydrogens (tertiary/aromatic N) is 2. The Labute approximate surface area is 207 Å². The van der Waals surface area contributed by atoms with E-state index in [1.807, 2.05) is 29.2 Å². The lowest BCUT2D eigenvalue weighted by Gasteiger charge is -2.40. The summed E-state index contributed by atoms with van der Waals surface area (Å²) in [6, 6.07) is 15.6. The molecule has 0 spiro atoms. The predicted octanol–water partition coefficient (Wildman–Crippen LogP) is 2.44. The van der Waals surface area contributed by atoms with Crippen molar-refractivity contribution in [2.75, 3.05) is 44.4 Å². The van der Waals surface area contributed by atoms with Crippen molar-refractivity contribution >= 4 is 17.5 Å². The Bertz CT molecular complexity index is 1210. The van der Waals surface area contributed by atoms with E-state index in [2.05, 4.69) is 15.5 Å². The maximum absolute atomic E-state index is 14.3. The maximum Gasteiger partial charge on any atom is 0.309 e. The number of fused-ring (bicyclic) bond motifs is 1. The van der Waals surface area contributed by atoms with E-state index in [9.17, 15) is 14.0 Å². The Morgan fingerprint density at radius 1 is 0.917 bits per heavy atom. The number of carbonyl (C=O) groups excluding carboxylic acids is 2. The second-order valence-corrected chi connectivity index (χ2v) is 8.57. The molecule has 2 amide bonds. The van der Waals surface area contributed by atoms with Crippen LogP contribution in [0.5, 0.6) is 11.5 Å². The highest BCUT2D eigenvalue weighted by Crippen LogP contribution is 2.36. The summed E-state index contributed by atoms with van der Waals surface area (Å²) in [4.78, 5) is 29.0. The molecule has 0 saturated carbocycles. The molecule has 10 heteroatoms. The monoisotopic (exact) mass is 494 g/mol. The summed E-state index contributed by atoms with van der Waals surface area (Å²) in [5.41, 5.74) is 1.51. The van der Waals surface area contributed by atoms with Crippen molar-refractivity contribution in [3.05, 3.63) is 78.0 Å². The molecule has 0 radical (unpaired) electrons. The van der Waals surface area contributed by atoms with Crippen molar-refractivity contribution < 1.29 is 27.9 Å². The lowest BCUT2D eigenvalue weighted by atomic mass is 10.0. The van der Waals surface area contributed by atoms with Gasteiger partial charge in [0.2, 0.25) is 6.79 Å². The normalized spacial score (nSPS) is 16.0. The minimum Gasteiger partial charge on any atom is -0.467 e. The van der Waals surface area contributed by atoms with Gasteiger partial charge in [-0.2, -0.15) is 0 Å². The second-order valence-electron chi connectivity index (χ2n) is 8.57. The number of piperazine rings is 1. The van der Waals surface area contributed by atoms with Crippen molar-refractivity contribution in [3.8, 4) is 11.5 Å². The molecule has 188 valence electrons. The third-order valence-corrected chi connectivity index (χ3v) is 6.40. The van der Waals surface area contributed by atoms with E-state index < -0.39 is 11.8 Å². The highest BCUT2D eigenvalue weighted by molar-refractivity contribution is 6.35. The zero-order valence-corrected chi connectivity index (χ0v) is 19.6. The minimum atomic E-state index is -0.736. The van der Waals surface area contributed by atoms with E-state index >= 15 is 0 Å². The fourth-order valence-corrected chi connectivity index (χ4v) is 4.49. The van der Waals surface area contributed by atoms with Crippen molar-refractivity contribution in [1.29, 1.82) is 0 Å². The Hall–Kier alpha value is -4.05. The van der Waals surface area contributed by atoms with Gasteiger partial charge in [0.1, 0.15) is 11.6 Å². The lowest BCUT2D eigenvalue weighted by molar-refractivity contribution is -0.139. The SMILES string of the molecule is O=C(NCc1ccco1)C(=O)NC[C@H](c1ccc2c(c1)OCO2)N1CCN(c2ccccc2F)CC1. The molecule has 0 aliphatic carbocycles. The molecule has 2 aliphatic rings. The van der Waals surface area contributed by atoms with E-state index in [0.717, 1.165) is 5.56 Å². The smallest absolute Gasteiger partial charge is 0.309 e. The number of para-hydroxylation sites is 1. The standard InChI is InChI=1S/C26H27FN4O5/c27-20-5-1-2-6-21(20)30-9-11-31(12-10-30)22(18-7-8-23-24(14-18)36-17-35-23)16-29-26(33)25(32)28-15-19-4-3-13-34-19/h1-8,13-14,22H,9-12,15-17H2,(H,28,32)(H,29,33)/t22-/m1/s1. The van der Waals surface area contributed by atoms with Crippen LogP contribution in [0.4, 0.5) is 10.1 Å². The zero-order chi connectivity index (χ0) is 24.9. The van der Waals surface area contributed by atoms with Gasteiger partial charge in [0.15, 0.2) is 11.5 Å². The maximum atomic E-state index is 14.3. The highest BCUT2D eigenvalue weighted by Gasteiger charge is 2.28. The molecule has 1 saturated heterocycles. The zero-order valence-electron chi connectivity index (χ0n) is 19.6. The van der Waals surface area contributed by atoms with Crippen LogP contribution in [-0.2, 0) is 16.1 Å². The first kappa shape index (κ1) is 23.7. The number of halogens is 1. The molecule has 2 aromatic carbocycles. The Morgan fingerprint density at radius 2 is 1.69 bits per heavy atom. The molecule has 3 aromatic rings. The van der Waals surface area contributed by atoms with Crippen LogP contribution in [0.2, 0.25) is 0 Å². The van der Waals surface area contributed by atoms with Gasteiger partial charge in [0.05, 0.1) is 24.5 Å². The summed E-state index contributed by atoms with van der Waals surface area (Å²) >= 11 is 0. The number of hydrogen-bond donors (Lipinski definition) is 2. The average Bonchev–Trinajstić information content (AvgIpc) is 3.60. The summed E-state index contributed by atoms with van der Waals surface area (Å²) in [6.45, 7) is 3.05. The van der Waals surface area contributed by atoms with Crippen molar-refractivity contribution in [3.63, 3.8) is 0 Å². The summed E-state index contributed by atoms with van der Waals surface area (Å²) in [6.07, 6.45) is 1.50. The molecule has 1 atom stereocenters. The summed E-state index contributed by atoms with van der Waals surface area (Å²) in [5, 5.41) is 5.31. The number of anilines is 1. The minimum absolute atomic E-state index is 0.128. The van der Waals surface area contributed by atoms with Crippen LogP contribution in [0.3, 0.4) is 0 Å². The van der Waals surface area contributed by atoms with Crippen molar-refractivity contribution in [2.45, 2.75) is 12.6 Å². The van der Waals surface area contributed by atoms with Crippen LogP contribution in [0.1, 0.15) is 17.4 Å².